The topological polar surface area (TPSA) is 73.6 Å². The number of ether oxygens (including phenoxy) is 2. The highest BCUT2D eigenvalue weighted by Gasteiger charge is 2.18. The highest BCUT2D eigenvalue weighted by Crippen LogP contribution is 2.34. The summed E-state index contributed by atoms with van der Waals surface area (Å²) in [4.78, 5) is 11.9. The summed E-state index contributed by atoms with van der Waals surface area (Å²) < 4.78 is 10.6. The zero-order valence-electron chi connectivity index (χ0n) is 11.3. The SMILES string of the molecule is CC(CCN)C(=O)NC(C)c1ccc2c(c1)OCO2. The van der Waals surface area contributed by atoms with Gasteiger partial charge in [-0.25, -0.2) is 0 Å². The van der Waals surface area contributed by atoms with Crippen LogP contribution in [-0.4, -0.2) is 19.2 Å². The lowest BCUT2D eigenvalue weighted by atomic mass is 10.0. The normalized spacial score (nSPS) is 15.9. The lowest BCUT2D eigenvalue weighted by Crippen LogP contribution is -2.32. The number of fused-ring (bicyclic) bond motifs is 1. The molecule has 0 fully saturated rings. The molecule has 3 N–H and O–H groups in total. The Hall–Kier alpha value is -1.75. The molecule has 0 saturated heterocycles. The Balaban J connectivity index is 2.00. The number of benzene rings is 1. The number of nitrogens with one attached hydrogen (secondary N) is 1. The van der Waals surface area contributed by atoms with E-state index < -0.39 is 0 Å². The fourth-order valence-electron chi connectivity index (χ4n) is 2.00. The van der Waals surface area contributed by atoms with Crippen LogP contribution in [0.5, 0.6) is 11.5 Å². The zero-order valence-corrected chi connectivity index (χ0v) is 11.3. The van der Waals surface area contributed by atoms with E-state index in [4.69, 9.17) is 15.2 Å². The number of nitrogens with two attached hydrogens (primary N) is 1. The van der Waals surface area contributed by atoms with Crippen molar-refractivity contribution >= 4 is 5.91 Å². The molecule has 1 aromatic carbocycles. The maximum atomic E-state index is 11.9. The lowest BCUT2D eigenvalue weighted by molar-refractivity contribution is -0.125. The first-order valence-electron chi connectivity index (χ1n) is 6.51. The van der Waals surface area contributed by atoms with E-state index in [1.54, 1.807) is 0 Å². The number of hydrogen-bond acceptors (Lipinski definition) is 4. The molecule has 0 radical (unpaired) electrons. The fraction of sp³-hybridized carbons (Fsp3) is 0.500. The zero-order chi connectivity index (χ0) is 13.8. The van der Waals surface area contributed by atoms with E-state index in [1.807, 2.05) is 32.0 Å². The van der Waals surface area contributed by atoms with E-state index in [0.29, 0.717) is 13.0 Å². The Kier molecular flexibility index (Phi) is 4.27. The van der Waals surface area contributed by atoms with Gasteiger partial charge >= 0.3 is 0 Å². The van der Waals surface area contributed by atoms with Crippen molar-refractivity contribution in [1.82, 2.24) is 5.32 Å². The first kappa shape index (κ1) is 13.7. The van der Waals surface area contributed by atoms with Crippen LogP contribution in [0.4, 0.5) is 0 Å². The first-order chi connectivity index (χ1) is 9.11. The largest absolute Gasteiger partial charge is 0.454 e. The molecule has 0 saturated carbocycles. The van der Waals surface area contributed by atoms with E-state index >= 15 is 0 Å². The van der Waals surface area contributed by atoms with E-state index in [9.17, 15) is 4.79 Å². The van der Waals surface area contributed by atoms with Crippen molar-refractivity contribution in [2.45, 2.75) is 26.3 Å². The molecule has 1 aromatic rings. The van der Waals surface area contributed by atoms with Crippen LogP contribution in [0, 0.1) is 5.92 Å². The van der Waals surface area contributed by atoms with Crippen molar-refractivity contribution < 1.29 is 14.3 Å². The van der Waals surface area contributed by atoms with Crippen LogP contribution in [0.3, 0.4) is 0 Å². The van der Waals surface area contributed by atoms with Crippen LogP contribution in [0.2, 0.25) is 0 Å². The maximum Gasteiger partial charge on any atom is 0.231 e. The van der Waals surface area contributed by atoms with Crippen molar-refractivity contribution in [3.63, 3.8) is 0 Å². The molecule has 104 valence electrons. The average Bonchev–Trinajstić information content (AvgIpc) is 2.85. The first-order valence-corrected chi connectivity index (χ1v) is 6.51. The molecule has 0 aliphatic carbocycles. The molecule has 2 atom stereocenters. The smallest absolute Gasteiger partial charge is 0.231 e. The third-order valence-electron chi connectivity index (χ3n) is 3.30. The minimum atomic E-state index is -0.0681. The van der Waals surface area contributed by atoms with E-state index in [2.05, 4.69) is 5.32 Å². The summed E-state index contributed by atoms with van der Waals surface area (Å²) in [5.74, 6) is 1.43. The van der Waals surface area contributed by atoms with Gasteiger partial charge in [0.25, 0.3) is 0 Å². The molecule has 0 bridgehead atoms. The maximum absolute atomic E-state index is 11.9. The lowest BCUT2D eigenvalue weighted by Gasteiger charge is -2.17. The summed E-state index contributed by atoms with van der Waals surface area (Å²) in [7, 11) is 0. The summed E-state index contributed by atoms with van der Waals surface area (Å²) in [6.07, 6.45) is 0.694. The Bertz CT molecular complexity index is 462. The molecular formula is C14H20N2O3. The predicted molar refractivity (Wildman–Crippen MR) is 72.0 cm³/mol. The van der Waals surface area contributed by atoms with Crippen molar-refractivity contribution in [1.29, 1.82) is 0 Å². The molecule has 2 unspecified atom stereocenters. The van der Waals surface area contributed by atoms with Crippen LogP contribution < -0.4 is 20.5 Å². The van der Waals surface area contributed by atoms with Gasteiger partial charge in [0.15, 0.2) is 11.5 Å². The van der Waals surface area contributed by atoms with Gasteiger partial charge in [-0.3, -0.25) is 4.79 Å². The van der Waals surface area contributed by atoms with Crippen molar-refractivity contribution in [2.75, 3.05) is 13.3 Å². The molecule has 1 aliphatic rings. The van der Waals surface area contributed by atoms with Crippen LogP contribution in [-0.2, 0) is 4.79 Å². The van der Waals surface area contributed by atoms with Crippen LogP contribution in [0.15, 0.2) is 18.2 Å². The van der Waals surface area contributed by atoms with Crippen LogP contribution in [0.1, 0.15) is 31.9 Å². The van der Waals surface area contributed by atoms with Gasteiger partial charge in [0.1, 0.15) is 0 Å². The van der Waals surface area contributed by atoms with Crippen molar-refractivity contribution in [3.05, 3.63) is 23.8 Å². The second-order valence-corrected chi connectivity index (χ2v) is 4.82. The molecule has 0 aromatic heterocycles. The number of carbonyl (C=O) groups is 1. The second-order valence-electron chi connectivity index (χ2n) is 4.82. The van der Waals surface area contributed by atoms with Gasteiger partial charge in [-0.2, -0.15) is 0 Å². The van der Waals surface area contributed by atoms with Crippen LogP contribution >= 0.6 is 0 Å². The monoisotopic (exact) mass is 264 g/mol. The quantitative estimate of drug-likeness (QED) is 0.846. The minimum Gasteiger partial charge on any atom is -0.454 e. The number of hydrogen-bond donors (Lipinski definition) is 2. The summed E-state index contributed by atoms with van der Waals surface area (Å²) in [5.41, 5.74) is 6.46. The van der Waals surface area contributed by atoms with Gasteiger partial charge < -0.3 is 20.5 Å². The third-order valence-corrected chi connectivity index (χ3v) is 3.30. The van der Waals surface area contributed by atoms with Gasteiger partial charge in [-0.15, -0.1) is 0 Å². The van der Waals surface area contributed by atoms with Crippen LogP contribution in [0.25, 0.3) is 0 Å². The highest BCUT2D eigenvalue weighted by molar-refractivity contribution is 5.78. The van der Waals surface area contributed by atoms with E-state index in [1.165, 1.54) is 0 Å². The number of rotatable bonds is 5. The molecule has 2 rings (SSSR count). The Labute approximate surface area is 113 Å². The van der Waals surface area contributed by atoms with Gasteiger partial charge in [0.2, 0.25) is 12.7 Å². The molecule has 5 heteroatoms. The summed E-state index contributed by atoms with van der Waals surface area (Å²) in [6.45, 7) is 4.61. The predicted octanol–water partition coefficient (Wildman–Crippen LogP) is 1.58. The van der Waals surface area contributed by atoms with Gasteiger partial charge in [0, 0.05) is 5.92 Å². The molecule has 1 aliphatic heterocycles. The van der Waals surface area contributed by atoms with Gasteiger partial charge in [0.05, 0.1) is 6.04 Å². The standard InChI is InChI=1S/C14H20N2O3/c1-9(5-6-15)14(17)16-10(2)11-3-4-12-13(7-11)19-8-18-12/h3-4,7,9-10H,5-6,8,15H2,1-2H3,(H,16,17). The molecule has 0 spiro atoms. The van der Waals surface area contributed by atoms with Gasteiger partial charge in [-0.1, -0.05) is 13.0 Å². The molecule has 19 heavy (non-hydrogen) atoms. The molecular weight excluding hydrogens is 244 g/mol. The second kappa shape index (κ2) is 5.93. The minimum absolute atomic E-state index is 0.0237. The van der Waals surface area contributed by atoms with E-state index in [0.717, 1.165) is 17.1 Å². The Morgan fingerprint density at radius 1 is 1.37 bits per heavy atom. The third kappa shape index (κ3) is 3.17. The molecule has 1 amide bonds. The Morgan fingerprint density at radius 3 is 2.84 bits per heavy atom. The Morgan fingerprint density at radius 2 is 2.11 bits per heavy atom. The van der Waals surface area contributed by atoms with Gasteiger partial charge in [-0.05, 0) is 37.6 Å². The van der Waals surface area contributed by atoms with Crippen molar-refractivity contribution in [3.8, 4) is 11.5 Å². The summed E-state index contributed by atoms with van der Waals surface area (Å²) in [6, 6.07) is 5.64. The number of amides is 1. The highest BCUT2D eigenvalue weighted by atomic mass is 16.7. The molecule has 5 nitrogen and oxygen atoms in total. The fourth-order valence-corrected chi connectivity index (χ4v) is 2.00. The van der Waals surface area contributed by atoms with Crippen molar-refractivity contribution in [2.24, 2.45) is 11.7 Å². The summed E-state index contributed by atoms with van der Waals surface area (Å²) in [5, 5.41) is 2.98. The molecule has 1 heterocycles. The summed E-state index contributed by atoms with van der Waals surface area (Å²) >= 11 is 0. The van der Waals surface area contributed by atoms with E-state index in [-0.39, 0.29) is 24.7 Å². The number of carbonyl (C=O) groups excluding carboxylic acids is 1. The average molecular weight is 264 g/mol.